The number of allylic oxidation sites excluding steroid dienone is 6. The molecule has 1 N–H and O–H groups in total. The molecule has 1 nitrogen and oxygen atoms in total. The molecular formula is C20H32O. The summed E-state index contributed by atoms with van der Waals surface area (Å²) in [6.07, 6.45) is 13.8. The summed E-state index contributed by atoms with van der Waals surface area (Å²) in [5.74, 6) is 0.478. The van der Waals surface area contributed by atoms with Gasteiger partial charge in [0.05, 0.1) is 6.10 Å². The van der Waals surface area contributed by atoms with Gasteiger partial charge in [-0.1, -0.05) is 54.9 Å². The van der Waals surface area contributed by atoms with Gasteiger partial charge in [-0.15, -0.1) is 0 Å². The van der Waals surface area contributed by atoms with Gasteiger partial charge in [-0.25, -0.2) is 0 Å². The Kier molecular flexibility index (Phi) is 7.74. The Morgan fingerprint density at radius 3 is 2.24 bits per heavy atom. The molecule has 0 heterocycles. The Labute approximate surface area is 131 Å². The normalized spacial score (nSPS) is 32.8. The van der Waals surface area contributed by atoms with E-state index in [0.29, 0.717) is 5.92 Å². The molecule has 0 aromatic carbocycles. The molecule has 1 aliphatic rings. The highest BCUT2D eigenvalue weighted by atomic mass is 16.3. The second-order valence-corrected chi connectivity index (χ2v) is 6.71. The Bertz CT molecular complexity index is 446. The SMILES string of the molecule is C/C1=C\C=C(\C(C)C)C[C@H](O)/C(C)=C/CC/C(C)=C/CC1. The lowest BCUT2D eigenvalue weighted by atomic mass is 9.92. The molecule has 0 spiro atoms. The van der Waals surface area contributed by atoms with E-state index >= 15 is 0 Å². The first-order valence-corrected chi connectivity index (χ1v) is 8.26. The smallest absolute Gasteiger partial charge is 0.0784 e. The zero-order valence-electron chi connectivity index (χ0n) is 14.4. The van der Waals surface area contributed by atoms with Crippen molar-refractivity contribution < 1.29 is 5.11 Å². The first-order valence-electron chi connectivity index (χ1n) is 8.26. The highest BCUT2D eigenvalue weighted by molar-refractivity contribution is 5.21. The molecule has 0 amide bonds. The van der Waals surface area contributed by atoms with Gasteiger partial charge in [0.2, 0.25) is 0 Å². The molecule has 0 bridgehead atoms. The first-order chi connectivity index (χ1) is 9.90. The molecule has 0 saturated heterocycles. The third kappa shape index (κ3) is 6.95. The summed E-state index contributed by atoms with van der Waals surface area (Å²) in [4.78, 5) is 0. The summed E-state index contributed by atoms with van der Waals surface area (Å²) in [6.45, 7) is 10.9. The van der Waals surface area contributed by atoms with Gasteiger partial charge in [0.15, 0.2) is 0 Å². The quantitative estimate of drug-likeness (QED) is 0.611. The van der Waals surface area contributed by atoms with Gasteiger partial charge in [-0.3, -0.25) is 0 Å². The van der Waals surface area contributed by atoms with Crippen molar-refractivity contribution in [1.82, 2.24) is 0 Å². The van der Waals surface area contributed by atoms with Gasteiger partial charge in [-0.2, -0.15) is 0 Å². The van der Waals surface area contributed by atoms with Crippen LogP contribution in [0.5, 0.6) is 0 Å². The van der Waals surface area contributed by atoms with Crippen molar-refractivity contribution in [2.24, 2.45) is 5.92 Å². The predicted molar refractivity (Wildman–Crippen MR) is 93.3 cm³/mol. The van der Waals surface area contributed by atoms with E-state index in [4.69, 9.17) is 0 Å². The summed E-state index contributed by atoms with van der Waals surface area (Å²) >= 11 is 0. The fourth-order valence-electron chi connectivity index (χ4n) is 2.52. The van der Waals surface area contributed by atoms with Crippen LogP contribution in [0.4, 0.5) is 0 Å². The van der Waals surface area contributed by atoms with E-state index in [1.807, 2.05) is 0 Å². The van der Waals surface area contributed by atoms with Gasteiger partial charge in [0.1, 0.15) is 0 Å². The largest absolute Gasteiger partial charge is 0.388 e. The third-order valence-corrected chi connectivity index (χ3v) is 4.31. The van der Waals surface area contributed by atoms with Crippen LogP contribution in [0.3, 0.4) is 0 Å². The van der Waals surface area contributed by atoms with Crippen molar-refractivity contribution in [2.45, 2.75) is 72.8 Å². The van der Waals surface area contributed by atoms with Crippen molar-refractivity contribution in [3.63, 3.8) is 0 Å². The molecule has 0 fully saturated rings. The van der Waals surface area contributed by atoms with Gasteiger partial charge in [-0.05, 0) is 64.4 Å². The lowest BCUT2D eigenvalue weighted by Crippen LogP contribution is -2.12. The van der Waals surface area contributed by atoms with Crippen LogP contribution in [-0.2, 0) is 0 Å². The van der Waals surface area contributed by atoms with Crippen molar-refractivity contribution in [3.05, 3.63) is 46.6 Å². The van der Waals surface area contributed by atoms with Crippen LogP contribution in [0.2, 0.25) is 0 Å². The van der Waals surface area contributed by atoms with E-state index in [1.54, 1.807) is 0 Å². The Balaban J connectivity index is 2.99. The highest BCUT2D eigenvalue weighted by Crippen LogP contribution is 2.22. The number of aliphatic hydroxyl groups excluding tert-OH is 1. The lowest BCUT2D eigenvalue weighted by Gasteiger charge is -2.17. The van der Waals surface area contributed by atoms with E-state index in [9.17, 15) is 5.11 Å². The summed E-state index contributed by atoms with van der Waals surface area (Å²) in [7, 11) is 0. The molecule has 0 radical (unpaired) electrons. The van der Waals surface area contributed by atoms with Gasteiger partial charge in [0, 0.05) is 0 Å². The van der Waals surface area contributed by atoms with Crippen LogP contribution in [0.25, 0.3) is 0 Å². The Morgan fingerprint density at radius 1 is 0.952 bits per heavy atom. The van der Waals surface area contributed by atoms with Crippen LogP contribution in [-0.4, -0.2) is 11.2 Å². The first kappa shape index (κ1) is 18.0. The summed E-state index contributed by atoms with van der Waals surface area (Å²) in [6, 6.07) is 0. The maximum Gasteiger partial charge on any atom is 0.0784 e. The predicted octanol–water partition coefficient (Wildman–Crippen LogP) is 5.73. The van der Waals surface area contributed by atoms with Crippen LogP contribution in [0.1, 0.15) is 66.7 Å². The molecule has 21 heavy (non-hydrogen) atoms. The van der Waals surface area contributed by atoms with E-state index in [1.165, 1.54) is 16.7 Å². The average molecular weight is 288 g/mol. The van der Waals surface area contributed by atoms with E-state index in [0.717, 1.165) is 37.7 Å². The number of aliphatic hydroxyl groups is 1. The second-order valence-electron chi connectivity index (χ2n) is 6.71. The number of hydrogen-bond acceptors (Lipinski definition) is 1. The minimum absolute atomic E-state index is 0.348. The monoisotopic (exact) mass is 288 g/mol. The molecule has 1 heteroatoms. The fourth-order valence-corrected chi connectivity index (χ4v) is 2.52. The highest BCUT2D eigenvalue weighted by Gasteiger charge is 2.12. The fraction of sp³-hybridized carbons (Fsp3) is 0.600. The van der Waals surface area contributed by atoms with Gasteiger partial charge >= 0.3 is 0 Å². The van der Waals surface area contributed by atoms with Gasteiger partial charge < -0.3 is 5.11 Å². The lowest BCUT2D eigenvalue weighted by molar-refractivity contribution is 0.207. The molecule has 118 valence electrons. The molecule has 1 atom stereocenters. The minimum atomic E-state index is -0.348. The average Bonchev–Trinajstić information content (AvgIpc) is 2.41. The minimum Gasteiger partial charge on any atom is -0.388 e. The van der Waals surface area contributed by atoms with Crippen LogP contribution < -0.4 is 0 Å². The molecule has 0 saturated carbocycles. The van der Waals surface area contributed by atoms with Crippen LogP contribution >= 0.6 is 0 Å². The van der Waals surface area contributed by atoms with Crippen molar-refractivity contribution in [2.75, 3.05) is 0 Å². The molecule has 0 aromatic rings. The Hall–Kier alpha value is -1.08. The number of hydrogen-bond donors (Lipinski definition) is 1. The molecule has 0 aromatic heterocycles. The van der Waals surface area contributed by atoms with Crippen molar-refractivity contribution >= 4 is 0 Å². The molecule has 1 rings (SSSR count). The Morgan fingerprint density at radius 2 is 1.57 bits per heavy atom. The second kappa shape index (κ2) is 9.04. The molecular weight excluding hydrogens is 256 g/mol. The molecule has 0 unspecified atom stereocenters. The summed E-state index contributed by atoms with van der Waals surface area (Å²) < 4.78 is 0. The van der Waals surface area contributed by atoms with Crippen molar-refractivity contribution in [3.8, 4) is 0 Å². The topological polar surface area (TPSA) is 20.2 Å². The van der Waals surface area contributed by atoms with E-state index < -0.39 is 0 Å². The number of rotatable bonds is 1. The van der Waals surface area contributed by atoms with Crippen molar-refractivity contribution in [1.29, 1.82) is 0 Å². The zero-order valence-corrected chi connectivity index (χ0v) is 14.4. The van der Waals surface area contributed by atoms with E-state index in [2.05, 4.69) is 58.9 Å². The standard InChI is InChI=1S/C20H32O/c1-15(2)19-13-12-17(4)9-6-8-16(3)10-7-11-18(5)20(21)14-19/h8,11-13,15,20-21H,6-7,9-10,14H2,1-5H3/b16-8+,17-12+,18-11+,19-13+/t20-/m0/s1. The maximum absolute atomic E-state index is 10.4. The van der Waals surface area contributed by atoms with Crippen LogP contribution in [0, 0.1) is 5.92 Å². The summed E-state index contributed by atoms with van der Waals surface area (Å²) in [5.41, 5.74) is 5.30. The maximum atomic E-state index is 10.4. The third-order valence-electron chi connectivity index (χ3n) is 4.31. The summed E-state index contributed by atoms with van der Waals surface area (Å²) in [5, 5.41) is 10.4. The molecule has 0 aliphatic heterocycles. The van der Waals surface area contributed by atoms with E-state index in [-0.39, 0.29) is 6.10 Å². The molecule has 1 aliphatic carbocycles. The zero-order chi connectivity index (χ0) is 15.8. The van der Waals surface area contributed by atoms with Crippen LogP contribution in [0.15, 0.2) is 46.6 Å². The van der Waals surface area contributed by atoms with Gasteiger partial charge in [0.25, 0.3) is 0 Å².